The number of rotatable bonds is 4. The largest absolute Gasteiger partial charge is 0.481 e. The van der Waals surface area contributed by atoms with Gasteiger partial charge in [0.25, 0.3) is 0 Å². The van der Waals surface area contributed by atoms with Crippen LogP contribution in [0.3, 0.4) is 0 Å². The van der Waals surface area contributed by atoms with E-state index in [4.69, 9.17) is 0 Å². The van der Waals surface area contributed by atoms with Crippen LogP contribution < -0.4 is 0 Å². The van der Waals surface area contributed by atoms with Gasteiger partial charge in [-0.3, -0.25) is 4.79 Å². The molecular formula is C16H21NO3. The number of likely N-dealkylation sites (tertiary alicyclic amines) is 1. The number of nitrogens with zero attached hydrogens (tertiary/aromatic N) is 1. The Hall–Kier alpha value is -1.39. The predicted octanol–water partition coefficient (Wildman–Crippen LogP) is 1.56. The summed E-state index contributed by atoms with van der Waals surface area (Å²) in [6, 6.07) is 9.43. The number of aliphatic hydroxyl groups excluding tert-OH is 1. The molecule has 1 aliphatic carbocycles. The molecule has 0 radical (unpaired) electrons. The van der Waals surface area contributed by atoms with Crippen LogP contribution in [0.5, 0.6) is 0 Å². The van der Waals surface area contributed by atoms with Gasteiger partial charge in [-0.15, -0.1) is 0 Å². The lowest BCUT2D eigenvalue weighted by Crippen LogP contribution is -2.32. The Morgan fingerprint density at radius 3 is 2.65 bits per heavy atom. The molecule has 3 rings (SSSR count). The maximum atomic E-state index is 11.5. The first-order chi connectivity index (χ1) is 9.65. The van der Waals surface area contributed by atoms with Crippen LogP contribution in [0.4, 0.5) is 0 Å². The summed E-state index contributed by atoms with van der Waals surface area (Å²) in [6.07, 6.45) is 1.79. The Morgan fingerprint density at radius 1 is 1.25 bits per heavy atom. The van der Waals surface area contributed by atoms with E-state index in [-0.39, 0.29) is 6.10 Å². The van der Waals surface area contributed by atoms with Gasteiger partial charge in [0.1, 0.15) is 0 Å². The molecule has 1 heterocycles. The van der Waals surface area contributed by atoms with E-state index in [1.165, 1.54) is 0 Å². The molecule has 1 saturated carbocycles. The highest BCUT2D eigenvalue weighted by molar-refractivity contribution is 5.76. The van der Waals surface area contributed by atoms with Crippen LogP contribution in [0.1, 0.15) is 24.3 Å². The van der Waals surface area contributed by atoms with E-state index >= 15 is 0 Å². The van der Waals surface area contributed by atoms with Gasteiger partial charge in [-0.2, -0.15) is 0 Å². The summed E-state index contributed by atoms with van der Waals surface area (Å²) in [5, 5.41) is 19.4. The molecule has 108 valence electrons. The lowest BCUT2D eigenvalue weighted by Gasteiger charge is -2.22. The third-order valence-electron chi connectivity index (χ3n) is 4.84. The number of aliphatic hydroxyl groups is 1. The second kappa shape index (κ2) is 5.54. The van der Waals surface area contributed by atoms with Crippen LogP contribution in [-0.2, 0) is 4.79 Å². The number of hydrogen-bond donors (Lipinski definition) is 2. The summed E-state index contributed by atoms with van der Waals surface area (Å²) in [5.74, 6) is -0.351. The van der Waals surface area contributed by atoms with Gasteiger partial charge >= 0.3 is 5.97 Å². The minimum absolute atomic E-state index is 0.190. The van der Waals surface area contributed by atoms with Crippen LogP contribution in [0, 0.1) is 11.8 Å². The molecule has 4 nitrogen and oxygen atoms in total. The second-order valence-electron chi connectivity index (χ2n) is 6.09. The summed E-state index contributed by atoms with van der Waals surface area (Å²) in [6.45, 7) is 2.31. The maximum Gasteiger partial charge on any atom is 0.312 e. The van der Waals surface area contributed by atoms with Crippen molar-refractivity contribution in [1.82, 2.24) is 4.90 Å². The van der Waals surface area contributed by atoms with Crippen molar-refractivity contribution in [3.8, 4) is 0 Å². The van der Waals surface area contributed by atoms with E-state index < -0.39 is 11.9 Å². The van der Waals surface area contributed by atoms with Crippen LogP contribution in [-0.4, -0.2) is 46.8 Å². The maximum absolute atomic E-state index is 11.5. The molecule has 4 unspecified atom stereocenters. The van der Waals surface area contributed by atoms with E-state index in [0.29, 0.717) is 18.4 Å². The Kier molecular flexibility index (Phi) is 3.76. The number of benzene rings is 1. The Labute approximate surface area is 119 Å². The Balaban J connectivity index is 1.68. The monoisotopic (exact) mass is 275 g/mol. The molecule has 2 aliphatic rings. The summed E-state index contributed by atoms with van der Waals surface area (Å²) < 4.78 is 0. The smallest absolute Gasteiger partial charge is 0.312 e. The number of carboxylic acid groups (broad SMARTS) is 1. The molecule has 0 aromatic heterocycles. The average Bonchev–Trinajstić information content (AvgIpc) is 2.99. The Bertz CT molecular complexity index is 476. The molecule has 0 spiro atoms. The Morgan fingerprint density at radius 2 is 2.00 bits per heavy atom. The highest BCUT2D eigenvalue weighted by Gasteiger charge is 2.42. The van der Waals surface area contributed by atoms with Crippen molar-refractivity contribution in [2.45, 2.75) is 24.9 Å². The van der Waals surface area contributed by atoms with E-state index in [9.17, 15) is 15.0 Å². The first-order valence-corrected chi connectivity index (χ1v) is 7.33. The van der Waals surface area contributed by atoms with Crippen molar-refractivity contribution in [3.05, 3.63) is 35.9 Å². The zero-order chi connectivity index (χ0) is 14.1. The van der Waals surface area contributed by atoms with Gasteiger partial charge in [-0.25, -0.2) is 0 Å². The van der Waals surface area contributed by atoms with Gasteiger partial charge in [0, 0.05) is 25.6 Å². The molecule has 0 bridgehead atoms. The minimum Gasteiger partial charge on any atom is -0.481 e. The average molecular weight is 275 g/mol. The van der Waals surface area contributed by atoms with Gasteiger partial charge in [-0.1, -0.05) is 30.3 Å². The van der Waals surface area contributed by atoms with Crippen molar-refractivity contribution in [1.29, 1.82) is 0 Å². The topological polar surface area (TPSA) is 60.8 Å². The number of aliphatic carboxylic acids is 1. The molecule has 1 aromatic carbocycles. The van der Waals surface area contributed by atoms with Crippen LogP contribution >= 0.6 is 0 Å². The lowest BCUT2D eigenvalue weighted by molar-refractivity contribution is -0.139. The molecule has 1 aliphatic heterocycles. The molecule has 1 aromatic rings. The molecule has 2 fully saturated rings. The molecule has 1 saturated heterocycles. The van der Waals surface area contributed by atoms with Gasteiger partial charge in [-0.05, 0) is 24.3 Å². The summed E-state index contributed by atoms with van der Waals surface area (Å²) in [4.78, 5) is 13.7. The van der Waals surface area contributed by atoms with E-state index in [1.54, 1.807) is 0 Å². The highest BCUT2D eigenvalue weighted by atomic mass is 16.4. The summed E-state index contributed by atoms with van der Waals surface area (Å²) in [5.41, 5.74) is 0.859. The van der Waals surface area contributed by atoms with Crippen LogP contribution in [0.15, 0.2) is 30.3 Å². The van der Waals surface area contributed by atoms with Crippen molar-refractivity contribution in [2.24, 2.45) is 11.8 Å². The predicted molar refractivity (Wildman–Crippen MR) is 75.5 cm³/mol. The number of carboxylic acids is 1. The normalized spacial score (nSPS) is 31.1. The first kappa shape index (κ1) is 13.6. The lowest BCUT2D eigenvalue weighted by atomic mass is 9.98. The SMILES string of the molecule is O=C(O)C(CN1CC2CCC(O)C2C1)c1ccccc1. The number of hydrogen-bond acceptors (Lipinski definition) is 3. The minimum atomic E-state index is -0.770. The quantitative estimate of drug-likeness (QED) is 0.875. The van der Waals surface area contributed by atoms with Crippen molar-refractivity contribution in [2.75, 3.05) is 19.6 Å². The summed E-state index contributed by atoms with van der Waals surface area (Å²) >= 11 is 0. The first-order valence-electron chi connectivity index (χ1n) is 7.33. The molecule has 4 atom stereocenters. The molecule has 20 heavy (non-hydrogen) atoms. The van der Waals surface area contributed by atoms with Crippen molar-refractivity contribution in [3.63, 3.8) is 0 Å². The molecular weight excluding hydrogens is 254 g/mol. The van der Waals surface area contributed by atoms with Crippen molar-refractivity contribution >= 4 is 5.97 Å². The zero-order valence-corrected chi connectivity index (χ0v) is 11.5. The fourth-order valence-electron chi connectivity index (χ4n) is 3.75. The third kappa shape index (κ3) is 2.58. The summed E-state index contributed by atoms with van der Waals surface area (Å²) in [7, 11) is 0. The zero-order valence-electron chi connectivity index (χ0n) is 11.5. The molecule has 2 N–H and O–H groups in total. The second-order valence-corrected chi connectivity index (χ2v) is 6.09. The van der Waals surface area contributed by atoms with Gasteiger partial charge in [0.05, 0.1) is 12.0 Å². The number of fused-ring (bicyclic) bond motifs is 1. The van der Waals surface area contributed by atoms with E-state index in [0.717, 1.165) is 31.5 Å². The van der Waals surface area contributed by atoms with Crippen LogP contribution in [0.2, 0.25) is 0 Å². The van der Waals surface area contributed by atoms with Crippen molar-refractivity contribution < 1.29 is 15.0 Å². The van der Waals surface area contributed by atoms with Gasteiger partial charge in [0.2, 0.25) is 0 Å². The van der Waals surface area contributed by atoms with E-state index in [1.807, 2.05) is 30.3 Å². The fraction of sp³-hybridized carbons (Fsp3) is 0.562. The molecule has 0 amide bonds. The standard InChI is InChI=1S/C16H21NO3/c18-15-7-6-12-8-17(9-13(12)15)10-14(16(19)20)11-4-2-1-3-5-11/h1-5,12-15,18H,6-10H2,(H,19,20). The van der Waals surface area contributed by atoms with Gasteiger partial charge in [0.15, 0.2) is 0 Å². The number of carbonyl (C=O) groups is 1. The van der Waals surface area contributed by atoms with Gasteiger partial charge < -0.3 is 15.1 Å². The third-order valence-corrected chi connectivity index (χ3v) is 4.84. The van der Waals surface area contributed by atoms with Crippen LogP contribution in [0.25, 0.3) is 0 Å². The van der Waals surface area contributed by atoms with E-state index in [2.05, 4.69) is 4.90 Å². The highest BCUT2D eigenvalue weighted by Crippen LogP contribution is 2.38. The fourth-order valence-corrected chi connectivity index (χ4v) is 3.75. The molecule has 4 heteroatoms.